The molecule has 1 fully saturated rings. The van der Waals surface area contributed by atoms with Crippen LogP contribution in [0, 0.1) is 17.0 Å². The van der Waals surface area contributed by atoms with Gasteiger partial charge in [-0.2, -0.15) is 0 Å². The van der Waals surface area contributed by atoms with Crippen molar-refractivity contribution in [2.45, 2.75) is 32.3 Å². The Morgan fingerprint density at radius 1 is 1.42 bits per heavy atom. The Bertz CT molecular complexity index is 612. The van der Waals surface area contributed by atoms with Crippen molar-refractivity contribution >= 4 is 17.3 Å². The summed E-state index contributed by atoms with van der Waals surface area (Å²) in [6.45, 7) is 4.04. The number of amides is 1. The molecule has 1 aromatic rings. The van der Waals surface area contributed by atoms with Crippen LogP contribution in [0.2, 0.25) is 0 Å². The highest BCUT2D eigenvalue weighted by Crippen LogP contribution is 2.29. The van der Waals surface area contributed by atoms with Crippen molar-refractivity contribution in [3.05, 3.63) is 33.4 Å². The maximum atomic E-state index is 12.7. The summed E-state index contributed by atoms with van der Waals surface area (Å²) in [5.41, 5.74) is 11.8. The number of hydrogen-bond acceptors (Lipinski definition) is 6. The fourth-order valence-corrected chi connectivity index (χ4v) is 2.84. The first-order chi connectivity index (χ1) is 11.4. The molecule has 1 aliphatic heterocycles. The van der Waals surface area contributed by atoms with E-state index in [-0.39, 0.29) is 28.9 Å². The van der Waals surface area contributed by atoms with E-state index in [1.807, 2.05) is 0 Å². The smallest absolute Gasteiger partial charge is 0.293 e. The number of anilines is 1. The number of benzene rings is 1. The molecule has 8 heteroatoms. The molecule has 0 aromatic heterocycles. The van der Waals surface area contributed by atoms with Gasteiger partial charge in [-0.15, -0.1) is 0 Å². The van der Waals surface area contributed by atoms with E-state index in [0.29, 0.717) is 31.8 Å². The summed E-state index contributed by atoms with van der Waals surface area (Å²) in [4.78, 5) is 24.9. The predicted octanol–water partition coefficient (Wildman–Crippen LogP) is 1.46. The highest BCUT2D eigenvalue weighted by molar-refractivity contribution is 6.01. The number of nitro groups is 1. The summed E-state index contributed by atoms with van der Waals surface area (Å²) in [7, 11) is 0. The van der Waals surface area contributed by atoms with Gasteiger partial charge in [0.2, 0.25) is 0 Å². The second-order valence-corrected chi connectivity index (χ2v) is 6.01. The summed E-state index contributed by atoms with van der Waals surface area (Å²) in [6, 6.07) is 2.98. The van der Waals surface area contributed by atoms with Crippen molar-refractivity contribution in [2.75, 3.05) is 32.0 Å². The fourth-order valence-electron chi connectivity index (χ4n) is 2.84. The van der Waals surface area contributed by atoms with E-state index in [4.69, 9.17) is 16.2 Å². The number of likely N-dealkylation sites (tertiary alicyclic amines) is 1. The largest absolute Gasteiger partial charge is 0.393 e. The van der Waals surface area contributed by atoms with Gasteiger partial charge in [-0.05, 0) is 44.4 Å². The fraction of sp³-hybridized carbons (Fsp3) is 0.562. The molecule has 0 unspecified atom stereocenters. The zero-order valence-corrected chi connectivity index (χ0v) is 13.9. The summed E-state index contributed by atoms with van der Waals surface area (Å²) < 4.78 is 5.72. The monoisotopic (exact) mass is 336 g/mol. The molecule has 24 heavy (non-hydrogen) atoms. The summed E-state index contributed by atoms with van der Waals surface area (Å²) in [5.74, 6) is -0.264. The summed E-state index contributed by atoms with van der Waals surface area (Å²) >= 11 is 0. The first-order valence-electron chi connectivity index (χ1n) is 8.09. The van der Waals surface area contributed by atoms with Crippen molar-refractivity contribution in [1.82, 2.24) is 4.90 Å². The number of carbonyl (C=O) groups is 1. The minimum absolute atomic E-state index is 0.0723. The first kappa shape index (κ1) is 18.2. The lowest BCUT2D eigenvalue weighted by molar-refractivity contribution is -0.384. The second kappa shape index (κ2) is 8.07. The third-order valence-electron chi connectivity index (χ3n) is 4.16. The molecule has 0 atom stereocenters. The van der Waals surface area contributed by atoms with Crippen molar-refractivity contribution in [1.29, 1.82) is 0 Å². The third-order valence-corrected chi connectivity index (χ3v) is 4.16. The molecule has 0 bridgehead atoms. The summed E-state index contributed by atoms with van der Waals surface area (Å²) in [5, 5.41) is 11.1. The van der Waals surface area contributed by atoms with Crippen LogP contribution < -0.4 is 11.5 Å². The number of carbonyl (C=O) groups excluding carboxylic acids is 1. The van der Waals surface area contributed by atoms with Crippen LogP contribution in [0.3, 0.4) is 0 Å². The highest BCUT2D eigenvalue weighted by Gasteiger charge is 2.27. The molecular formula is C16H24N4O4. The number of rotatable bonds is 6. The number of hydrogen-bond donors (Lipinski definition) is 2. The molecule has 8 nitrogen and oxygen atoms in total. The number of nitrogens with zero attached hydrogens (tertiary/aromatic N) is 2. The second-order valence-electron chi connectivity index (χ2n) is 6.01. The molecule has 0 spiro atoms. The van der Waals surface area contributed by atoms with Crippen molar-refractivity contribution < 1.29 is 14.5 Å². The minimum Gasteiger partial charge on any atom is -0.393 e. The molecule has 1 saturated heterocycles. The van der Waals surface area contributed by atoms with Gasteiger partial charge in [0, 0.05) is 25.8 Å². The zero-order chi connectivity index (χ0) is 17.7. The zero-order valence-electron chi connectivity index (χ0n) is 13.9. The normalized spacial score (nSPS) is 15.5. The van der Waals surface area contributed by atoms with Gasteiger partial charge in [-0.3, -0.25) is 14.9 Å². The van der Waals surface area contributed by atoms with Gasteiger partial charge in [-0.25, -0.2) is 0 Å². The minimum atomic E-state index is -0.559. The van der Waals surface area contributed by atoms with Crippen molar-refractivity contribution in [3.63, 3.8) is 0 Å². The van der Waals surface area contributed by atoms with E-state index >= 15 is 0 Å². The summed E-state index contributed by atoms with van der Waals surface area (Å²) in [6.07, 6.45) is 2.43. The number of piperidine rings is 1. The standard InChI is InChI=1S/C16H24N4O4/c1-11-9-13(15(18)14(10-11)20(22)23)16(21)19-6-3-12(4-7-19)24-8-2-5-17/h9-10,12H,2-8,17-18H2,1H3. The molecule has 4 N–H and O–H groups in total. The van der Waals surface area contributed by atoms with Crippen LogP contribution in [-0.2, 0) is 4.74 Å². The molecular weight excluding hydrogens is 312 g/mol. The predicted molar refractivity (Wildman–Crippen MR) is 90.8 cm³/mol. The average Bonchev–Trinajstić information content (AvgIpc) is 2.56. The van der Waals surface area contributed by atoms with Gasteiger partial charge in [-0.1, -0.05) is 0 Å². The molecule has 0 aliphatic carbocycles. The molecule has 1 heterocycles. The Hall–Kier alpha value is -2.19. The molecule has 1 amide bonds. The number of nitrogen functional groups attached to an aromatic ring is 1. The highest BCUT2D eigenvalue weighted by atomic mass is 16.6. The maximum absolute atomic E-state index is 12.7. The van der Waals surface area contributed by atoms with Crippen LogP contribution in [0.5, 0.6) is 0 Å². The third kappa shape index (κ3) is 4.21. The van der Waals surface area contributed by atoms with Crippen LogP contribution in [0.1, 0.15) is 35.2 Å². The Balaban J connectivity index is 2.04. The molecule has 0 saturated carbocycles. The van der Waals surface area contributed by atoms with Crippen molar-refractivity contribution in [2.24, 2.45) is 5.73 Å². The van der Waals surface area contributed by atoms with E-state index in [0.717, 1.165) is 19.3 Å². The Morgan fingerprint density at radius 2 is 2.08 bits per heavy atom. The van der Waals surface area contributed by atoms with E-state index < -0.39 is 4.92 Å². The van der Waals surface area contributed by atoms with E-state index in [1.165, 1.54) is 6.07 Å². The van der Waals surface area contributed by atoms with Crippen LogP contribution in [0.25, 0.3) is 0 Å². The van der Waals surface area contributed by atoms with Crippen LogP contribution in [0.4, 0.5) is 11.4 Å². The van der Waals surface area contributed by atoms with Gasteiger partial charge in [0.1, 0.15) is 5.69 Å². The van der Waals surface area contributed by atoms with Crippen LogP contribution >= 0.6 is 0 Å². The topological polar surface area (TPSA) is 125 Å². The van der Waals surface area contributed by atoms with Crippen molar-refractivity contribution in [3.8, 4) is 0 Å². The van der Waals surface area contributed by atoms with Crippen LogP contribution in [0.15, 0.2) is 12.1 Å². The van der Waals surface area contributed by atoms with Crippen LogP contribution in [-0.4, -0.2) is 48.1 Å². The number of ether oxygens (including phenoxy) is 1. The Morgan fingerprint density at radius 3 is 2.67 bits per heavy atom. The van der Waals surface area contributed by atoms with Gasteiger partial charge in [0.25, 0.3) is 11.6 Å². The molecule has 2 rings (SSSR count). The number of nitrogens with two attached hydrogens (primary N) is 2. The lowest BCUT2D eigenvalue weighted by Crippen LogP contribution is -2.41. The lowest BCUT2D eigenvalue weighted by atomic mass is 10.0. The van der Waals surface area contributed by atoms with E-state index in [9.17, 15) is 14.9 Å². The van der Waals surface area contributed by atoms with Gasteiger partial charge in [0.15, 0.2) is 0 Å². The van der Waals surface area contributed by atoms with Gasteiger partial charge < -0.3 is 21.1 Å². The number of aryl methyl sites for hydroxylation is 1. The molecule has 1 aliphatic rings. The maximum Gasteiger partial charge on any atom is 0.293 e. The SMILES string of the molecule is Cc1cc(C(=O)N2CCC(OCCCN)CC2)c(N)c([N+](=O)[O-])c1. The first-order valence-corrected chi connectivity index (χ1v) is 8.09. The van der Waals surface area contributed by atoms with E-state index in [1.54, 1.807) is 17.9 Å². The van der Waals surface area contributed by atoms with E-state index in [2.05, 4.69) is 0 Å². The molecule has 0 radical (unpaired) electrons. The average molecular weight is 336 g/mol. The Labute approximate surface area is 140 Å². The Kier molecular flexibility index (Phi) is 6.10. The van der Waals surface area contributed by atoms with Gasteiger partial charge >= 0.3 is 0 Å². The quantitative estimate of drug-likeness (QED) is 0.350. The molecule has 1 aromatic carbocycles. The van der Waals surface area contributed by atoms with Gasteiger partial charge in [0.05, 0.1) is 16.6 Å². The number of nitro benzene ring substituents is 1. The lowest BCUT2D eigenvalue weighted by Gasteiger charge is -2.32. The molecule has 132 valence electrons.